The van der Waals surface area contributed by atoms with Gasteiger partial charge in [0.1, 0.15) is 6.61 Å². The summed E-state index contributed by atoms with van der Waals surface area (Å²) in [6.07, 6.45) is 1.18. The van der Waals surface area contributed by atoms with E-state index in [2.05, 4.69) is 38.6 Å². The van der Waals surface area contributed by atoms with E-state index in [-0.39, 0.29) is 12.4 Å². The zero-order chi connectivity index (χ0) is 18.6. The molecule has 0 saturated heterocycles. The highest BCUT2D eigenvalue weighted by atomic mass is 16.5. The molecule has 7 heteroatoms. The first-order valence-corrected chi connectivity index (χ1v) is 8.72. The Bertz CT molecular complexity index is 1060. The second-order valence-electron chi connectivity index (χ2n) is 6.33. The van der Waals surface area contributed by atoms with E-state index in [1.54, 1.807) is 6.07 Å². The highest BCUT2D eigenvalue weighted by molar-refractivity contribution is 5.82. The van der Waals surface area contributed by atoms with Crippen molar-refractivity contribution >= 4 is 10.9 Å². The first-order valence-electron chi connectivity index (χ1n) is 8.72. The van der Waals surface area contributed by atoms with E-state index in [4.69, 9.17) is 4.74 Å². The fraction of sp³-hybridized carbons (Fsp3) is 0.200. The summed E-state index contributed by atoms with van der Waals surface area (Å²) < 4.78 is 5.84. The number of pyridine rings is 1. The summed E-state index contributed by atoms with van der Waals surface area (Å²) in [4.78, 5) is 4.64. The predicted octanol–water partition coefficient (Wildman–Crippen LogP) is 3.13. The Labute approximate surface area is 156 Å². The van der Waals surface area contributed by atoms with Crippen LogP contribution in [0.4, 0.5) is 0 Å². The highest BCUT2D eigenvalue weighted by Crippen LogP contribution is 2.31. The Kier molecular flexibility index (Phi) is 4.65. The average molecular weight is 361 g/mol. The molecule has 0 aliphatic carbocycles. The lowest BCUT2D eigenvalue weighted by Crippen LogP contribution is -2.01. The second-order valence-corrected chi connectivity index (χ2v) is 6.33. The molecule has 0 aliphatic heterocycles. The van der Waals surface area contributed by atoms with Crippen molar-refractivity contribution in [3.05, 3.63) is 71.2 Å². The zero-order valence-corrected chi connectivity index (χ0v) is 14.9. The van der Waals surface area contributed by atoms with Crippen LogP contribution in [-0.2, 0) is 19.4 Å². The number of phenolic OH excluding ortho intramolecular Hbond substituents is 1. The van der Waals surface area contributed by atoms with Crippen LogP contribution in [0.2, 0.25) is 0 Å². The molecule has 136 valence electrons. The highest BCUT2D eigenvalue weighted by Gasteiger charge is 2.11. The quantitative estimate of drug-likeness (QED) is 0.548. The van der Waals surface area contributed by atoms with Crippen molar-refractivity contribution in [2.75, 3.05) is 0 Å². The van der Waals surface area contributed by atoms with Crippen LogP contribution in [-0.4, -0.2) is 30.7 Å². The van der Waals surface area contributed by atoms with Gasteiger partial charge in [0.15, 0.2) is 17.3 Å². The third-order valence-electron chi connectivity index (χ3n) is 4.44. The Balaban J connectivity index is 1.49. The minimum absolute atomic E-state index is 0.138. The Hall–Kier alpha value is -3.48. The number of aromatic nitrogens is 5. The first kappa shape index (κ1) is 17.0. The number of fused-ring (bicyclic) bond motifs is 1. The normalized spacial score (nSPS) is 11.0. The Morgan fingerprint density at radius 2 is 1.96 bits per heavy atom. The molecule has 2 aromatic heterocycles. The van der Waals surface area contributed by atoms with E-state index >= 15 is 0 Å². The van der Waals surface area contributed by atoms with E-state index < -0.39 is 0 Å². The third-order valence-corrected chi connectivity index (χ3v) is 4.44. The summed E-state index contributed by atoms with van der Waals surface area (Å²) in [7, 11) is 0. The summed E-state index contributed by atoms with van der Waals surface area (Å²) in [5.41, 5.74) is 3.69. The molecule has 0 saturated carbocycles. The molecule has 27 heavy (non-hydrogen) atoms. The molecule has 0 aliphatic rings. The molecule has 0 bridgehead atoms. The number of hydrogen-bond acceptors (Lipinski definition) is 6. The van der Waals surface area contributed by atoms with Gasteiger partial charge in [-0.25, -0.2) is 4.98 Å². The van der Waals surface area contributed by atoms with Crippen molar-refractivity contribution < 1.29 is 9.84 Å². The molecule has 0 radical (unpaired) electrons. The molecule has 0 atom stereocenters. The number of aromatic hydroxyl groups is 1. The number of nitrogens with zero attached hydrogens (tertiary/aromatic N) is 4. The lowest BCUT2D eigenvalue weighted by molar-refractivity contribution is 0.284. The third kappa shape index (κ3) is 3.72. The number of aryl methyl sites for hydroxylation is 3. The van der Waals surface area contributed by atoms with Crippen LogP contribution in [0.3, 0.4) is 0 Å². The van der Waals surface area contributed by atoms with Crippen LogP contribution in [0.5, 0.6) is 11.5 Å². The van der Waals surface area contributed by atoms with Crippen LogP contribution in [0.15, 0.2) is 48.5 Å². The van der Waals surface area contributed by atoms with Crippen LogP contribution < -0.4 is 4.74 Å². The summed E-state index contributed by atoms with van der Waals surface area (Å²) in [5, 5.41) is 25.5. The standard InChI is InChI=1S/C20H19N5O2/c1-13-11-15(21-17-7-3-2-6-16(13)17)12-27-18-8-4-5-14(20(18)26)9-10-19-22-24-25-23-19/h2-8,11,26H,9-10,12H2,1H3,(H,22,23,24,25). The van der Waals surface area contributed by atoms with Crippen molar-refractivity contribution in [3.63, 3.8) is 0 Å². The molecule has 2 heterocycles. The SMILES string of the molecule is Cc1cc(COc2cccc(CCc3nn[nH]n3)c2O)nc2ccccc12. The van der Waals surface area contributed by atoms with Gasteiger partial charge in [0.25, 0.3) is 0 Å². The maximum absolute atomic E-state index is 10.5. The van der Waals surface area contributed by atoms with Gasteiger partial charge in [-0.1, -0.05) is 35.5 Å². The number of nitrogens with one attached hydrogen (secondary N) is 1. The van der Waals surface area contributed by atoms with Gasteiger partial charge in [0.2, 0.25) is 0 Å². The molecule has 0 spiro atoms. The van der Waals surface area contributed by atoms with Gasteiger partial charge in [0.05, 0.1) is 11.2 Å². The van der Waals surface area contributed by atoms with Gasteiger partial charge in [-0.05, 0) is 42.7 Å². The fourth-order valence-electron chi connectivity index (χ4n) is 3.07. The van der Waals surface area contributed by atoms with Crippen LogP contribution >= 0.6 is 0 Å². The maximum atomic E-state index is 10.5. The summed E-state index contributed by atoms with van der Waals surface area (Å²) >= 11 is 0. The minimum atomic E-state index is 0.138. The number of ether oxygens (including phenoxy) is 1. The zero-order valence-electron chi connectivity index (χ0n) is 14.9. The van der Waals surface area contributed by atoms with E-state index in [1.807, 2.05) is 36.4 Å². The number of benzene rings is 2. The van der Waals surface area contributed by atoms with Crippen molar-refractivity contribution in [1.29, 1.82) is 0 Å². The van der Waals surface area contributed by atoms with Crippen LogP contribution in [0, 0.1) is 6.92 Å². The average Bonchev–Trinajstić information content (AvgIpc) is 3.20. The van der Waals surface area contributed by atoms with E-state index in [9.17, 15) is 5.11 Å². The Morgan fingerprint density at radius 1 is 1.07 bits per heavy atom. The molecule has 4 aromatic rings. The molecule has 4 rings (SSSR count). The number of phenols is 1. The molecule has 0 amide bonds. The maximum Gasteiger partial charge on any atom is 0.174 e. The van der Waals surface area contributed by atoms with Gasteiger partial charge in [-0.3, -0.25) is 0 Å². The number of tetrazole rings is 1. The lowest BCUT2D eigenvalue weighted by atomic mass is 10.1. The molecule has 2 N–H and O–H groups in total. The molecular weight excluding hydrogens is 342 g/mol. The molecule has 0 fully saturated rings. The lowest BCUT2D eigenvalue weighted by Gasteiger charge is -2.12. The molecular formula is C20H19N5O2. The largest absolute Gasteiger partial charge is 0.504 e. The van der Waals surface area contributed by atoms with E-state index in [0.29, 0.717) is 24.4 Å². The second kappa shape index (κ2) is 7.41. The van der Waals surface area contributed by atoms with Crippen molar-refractivity contribution in [2.24, 2.45) is 0 Å². The van der Waals surface area contributed by atoms with Gasteiger partial charge in [0, 0.05) is 11.8 Å². The number of H-pyrrole nitrogens is 1. The smallest absolute Gasteiger partial charge is 0.174 e. The summed E-state index contributed by atoms with van der Waals surface area (Å²) in [6.45, 7) is 2.34. The van der Waals surface area contributed by atoms with Gasteiger partial charge in [-0.15, -0.1) is 10.2 Å². The molecule has 7 nitrogen and oxygen atoms in total. The minimum Gasteiger partial charge on any atom is -0.504 e. The van der Waals surface area contributed by atoms with E-state index in [1.165, 1.54) is 0 Å². The first-order chi connectivity index (χ1) is 13.2. The number of hydrogen-bond donors (Lipinski definition) is 2. The van der Waals surface area contributed by atoms with Crippen molar-refractivity contribution in [2.45, 2.75) is 26.4 Å². The Morgan fingerprint density at radius 3 is 2.81 bits per heavy atom. The van der Waals surface area contributed by atoms with Gasteiger partial charge >= 0.3 is 0 Å². The van der Waals surface area contributed by atoms with Gasteiger partial charge in [-0.2, -0.15) is 5.21 Å². The predicted molar refractivity (Wildman–Crippen MR) is 101 cm³/mol. The topological polar surface area (TPSA) is 96.8 Å². The molecule has 2 aromatic carbocycles. The number of para-hydroxylation sites is 2. The van der Waals surface area contributed by atoms with Crippen LogP contribution in [0.1, 0.15) is 22.6 Å². The van der Waals surface area contributed by atoms with Crippen molar-refractivity contribution in [1.82, 2.24) is 25.6 Å². The van der Waals surface area contributed by atoms with Crippen molar-refractivity contribution in [3.8, 4) is 11.5 Å². The number of aromatic amines is 1. The summed E-state index contributed by atoms with van der Waals surface area (Å²) in [5.74, 6) is 1.18. The summed E-state index contributed by atoms with van der Waals surface area (Å²) in [6, 6.07) is 15.5. The monoisotopic (exact) mass is 361 g/mol. The van der Waals surface area contributed by atoms with Gasteiger partial charge < -0.3 is 9.84 Å². The fourth-order valence-corrected chi connectivity index (χ4v) is 3.07. The number of rotatable bonds is 6. The van der Waals surface area contributed by atoms with Crippen LogP contribution in [0.25, 0.3) is 10.9 Å². The van der Waals surface area contributed by atoms with E-state index in [0.717, 1.165) is 27.7 Å². The molecule has 0 unspecified atom stereocenters.